The molecule has 56 valence electrons. The lowest BCUT2D eigenvalue weighted by atomic mass is 9.98. The highest BCUT2D eigenvalue weighted by Gasteiger charge is 2.15. The van der Waals surface area contributed by atoms with Gasteiger partial charge in [0.2, 0.25) is 0 Å². The molecule has 2 nitrogen and oxygen atoms in total. The van der Waals surface area contributed by atoms with E-state index in [1.165, 1.54) is 0 Å². The van der Waals surface area contributed by atoms with Crippen molar-refractivity contribution in [3.8, 4) is 0 Å². The van der Waals surface area contributed by atoms with Crippen molar-refractivity contribution in [3.63, 3.8) is 0 Å². The Morgan fingerprint density at radius 3 is 2.33 bits per heavy atom. The smallest absolute Gasteiger partial charge is 0.0618 e. The summed E-state index contributed by atoms with van der Waals surface area (Å²) in [5.74, 6) is 0. The third kappa shape index (κ3) is 4.43. The molecule has 0 rings (SSSR count). The van der Waals surface area contributed by atoms with Gasteiger partial charge in [-0.1, -0.05) is 6.92 Å². The van der Waals surface area contributed by atoms with Crippen molar-refractivity contribution < 1.29 is 10.2 Å². The summed E-state index contributed by atoms with van der Waals surface area (Å²) in [4.78, 5) is 0. The number of aliphatic hydroxyl groups excluding tert-OH is 1. The number of rotatable bonds is 4. The standard InChI is InChI=1S/C7H16O2/c1-3-7(2,9)5-4-6-8/h8-9H,3-6H2,1-2H3/t7-/m0/s1. The molecule has 0 radical (unpaired) electrons. The van der Waals surface area contributed by atoms with Crippen molar-refractivity contribution in [3.05, 3.63) is 0 Å². The minimum absolute atomic E-state index is 0.177. The molecule has 0 aromatic carbocycles. The number of aliphatic hydroxyl groups is 2. The first-order chi connectivity index (χ1) is 4.12. The molecular formula is C7H16O2. The van der Waals surface area contributed by atoms with Crippen molar-refractivity contribution >= 4 is 0 Å². The van der Waals surface area contributed by atoms with Crippen LogP contribution >= 0.6 is 0 Å². The molecule has 0 heterocycles. The Balaban J connectivity index is 3.33. The average Bonchev–Trinajstić information content (AvgIpc) is 1.84. The normalized spacial score (nSPS) is 17.3. The van der Waals surface area contributed by atoms with Gasteiger partial charge in [-0.15, -0.1) is 0 Å². The molecule has 0 aliphatic carbocycles. The van der Waals surface area contributed by atoms with Crippen molar-refractivity contribution in [2.24, 2.45) is 0 Å². The minimum atomic E-state index is -0.567. The first-order valence-corrected chi connectivity index (χ1v) is 3.45. The molecule has 0 unspecified atom stereocenters. The van der Waals surface area contributed by atoms with Gasteiger partial charge in [0.05, 0.1) is 5.60 Å². The summed E-state index contributed by atoms with van der Waals surface area (Å²) in [6, 6.07) is 0. The van der Waals surface area contributed by atoms with Crippen LogP contribution in [0.15, 0.2) is 0 Å². The average molecular weight is 132 g/mol. The highest BCUT2D eigenvalue weighted by Crippen LogP contribution is 2.14. The zero-order chi connectivity index (χ0) is 7.33. The summed E-state index contributed by atoms with van der Waals surface area (Å²) in [5.41, 5.74) is -0.567. The lowest BCUT2D eigenvalue weighted by Crippen LogP contribution is -2.22. The summed E-state index contributed by atoms with van der Waals surface area (Å²) in [7, 11) is 0. The zero-order valence-corrected chi connectivity index (χ0v) is 6.22. The van der Waals surface area contributed by atoms with Crippen LogP contribution in [0.5, 0.6) is 0 Å². The summed E-state index contributed by atoms with van der Waals surface area (Å²) >= 11 is 0. The molecule has 0 amide bonds. The fourth-order valence-corrected chi connectivity index (χ4v) is 0.637. The molecule has 2 heteroatoms. The molecular weight excluding hydrogens is 116 g/mol. The first-order valence-electron chi connectivity index (χ1n) is 3.45. The summed E-state index contributed by atoms with van der Waals surface area (Å²) in [6.07, 6.45) is 2.15. The van der Waals surface area contributed by atoms with Crippen LogP contribution in [0.25, 0.3) is 0 Å². The molecule has 0 spiro atoms. The van der Waals surface area contributed by atoms with Crippen LogP contribution in [0.3, 0.4) is 0 Å². The van der Waals surface area contributed by atoms with E-state index in [0.717, 1.165) is 6.42 Å². The third-order valence-electron chi connectivity index (χ3n) is 1.64. The molecule has 0 aliphatic heterocycles. The fourth-order valence-electron chi connectivity index (χ4n) is 0.637. The molecule has 2 N–H and O–H groups in total. The van der Waals surface area contributed by atoms with Crippen LogP contribution < -0.4 is 0 Å². The van der Waals surface area contributed by atoms with Crippen molar-refractivity contribution in [1.29, 1.82) is 0 Å². The van der Waals surface area contributed by atoms with Crippen molar-refractivity contribution in [2.45, 2.75) is 38.7 Å². The summed E-state index contributed by atoms with van der Waals surface area (Å²) < 4.78 is 0. The second-order valence-corrected chi connectivity index (χ2v) is 2.68. The molecule has 1 atom stereocenters. The molecule has 0 aromatic heterocycles. The quantitative estimate of drug-likeness (QED) is 0.597. The van der Waals surface area contributed by atoms with Crippen LogP contribution in [0.4, 0.5) is 0 Å². The predicted molar refractivity (Wildman–Crippen MR) is 37.2 cm³/mol. The Labute approximate surface area is 56.5 Å². The SMILES string of the molecule is CC[C@](C)(O)CCCO. The van der Waals surface area contributed by atoms with Crippen LogP contribution in [-0.4, -0.2) is 22.4 Å². The lowest BCUT2D eigenvalue weighted by Gasteiger charge is -2.19. The predicted octanol–water partition coefficient (Wildman–Crippen LogP) is 0.920. The Kier molecular flexibility index (Phi) is 3.82. The van der Waals surface area contributed by atoms with E-state index in [1.54, 1.807) is 6.92 Å². The monoisotopic (exact) mass is 132 g/mol. The van der Waals surface area contributed by atoms with E-state index >= 15 is 0 Å². The Bertz CT molecular complexity index is 69.3. The van der Waals surface area contributed by atoms with Gasteiger partial charge in [0.1, 0.15) is 0 Å². The van der Waals surface area contributed by atoms with Crippen LogP contribution in [0, 0.1) is 0 Å². The number of hydrogen-bond donors (Lipinski definition) is 2. The van der Waals surface area contributed by atoms with Gasteiger partial charge in [-0.2, -0.15) is 0 Å². The second-order valence-electron chi connectivity index (χ2n) is 2.68. The third-order valence-corrected chi connectivity index (χ3v) is 1.64. The maximum Gasteiger partial charge on any atom is 0.0618 e. The molecule has 0 saturated carbocycles. The van der Waals surface area contributed by atoms with E-state index in [4.69, 9.17) is 5.11 Å². The Morgan fingerprint density at radius 1 is 1.44 bits per heavy atom. The van der Waals surface area contributed by atoms with E-state index in [0.29, 0.717) is 12.8 Å². The Hall–Kier alpha value is -0.0800. The van der Waals surface area contributed by atoms with Gasteiger partial charge in [0.15, 0.2) is 0 Å². The minimum Gasteiger partial charge on any atom is -0.396 e. The van der Waals surface area contributed by atoms with Crippen molar-refractivity contribution in [1.82, 2.24) is 0 Å². The summed E-state index contributed by atoms with van der Waals surface area (Å²) in [5, 5.41) is 17.8. The van der Waals surface area contributed by atoms with Gasteiger partial charge < -0.3 is 10.2 Å². The van der Waals surface area contributed by atoms with Gasteiger partial charge in [0.25, 0.3) is 0 Å². The van der Waals surface area contributed by atoms with Gasteiger partial charge >= 0.3 is 0 Å². The Morgan fingerprint density at radius 2 is 2.00 bits per heavy atom. The fraction of sp³-hybridized carbons (Fsp3) is 1.00. The van der Waals surface area contributed by atoms with Crippen LogP contribution in [0.2, 0.25) is 0 Å². The van der Waals surface area contributed by atoms with E-state index in [1.807, 2.05) is 6.92 Å². The molecule has 0 fully saturated rings. The highest BCUT2D eigenvalue weighted by atomic mass is 16.3. The second kappa shape index (κ2) is 3.85. The van der Waals surface area contributed by atoms with E-state index in [9.17, 15) is 5.11 Å². The maximum absolute atomic E-state index is 9.34. The molecule has 0 aromatic rings. The summed E-state index contributed by atoms with van der Waals surface area (Å²) in [6.45, 7) is 3.91. The van der Waals surface area contributed by atoms with Gasteiger partial charge in [0, 0.05) is 6.61 Å². The zero-order valence-electron chi connectivity index (χ0n) is 6.22. The molecule has 9 heavy (non-hydrogen) atoms. The lowest BCUT2D eigenvalue weighted by molar-refractivity contribution is 0.0399. The van der Waals surface area contributed by atoms with Crippen LogP contribution in [0.1, 0.15) is 33.1 Å². The van der Waals surface area contributed by atoms with E-state index in [2.05, 4.69) is 0 Å². The van der Waals surface area contributed by atoms with Gasteiger partial charge in [-0.25, -0.2) is 0 Å². The van der Waals surface area contributed by atoms with Gasteiger partial charge in [-0.3, -0.25) is 0 Å². The topological polar surface area (TPSA) is 40.5 Å². The molecule has 0 bridgehead atoms. The van der Waals surface area contributed by atoms with E-state index in [-0.39, 0.29) is 6.61 Å². The number of hydrogen-bond acceptors (Lipinski definition) is 2. The molecule has 0 saturated heterocycles. The first kappa shape index (κ1) is 8.92. The molecule has 0 aliphatic rings. The van der Waals surface area contributed by atoms with Crippen molar-refractivity contribution in [2.75, 3.05) is 6.61 Å². The van der Waals surface area contributed by atoms with E-state index < -0.39 is 5.60 Å². The van der Waals surface area contributed by atoms with Gasteiger partial charge in [-0.05, 0) is 26.2 Å². The largest absolute Gasteiger partial charge is 0.396 e. The highest BCUT2D eigenvalue weighted by molar-refractivity contribution is 4.68. The van der Waals surface area contributed by atoms with Crippen LogP contribution in [-0.2, 0) is 0 Å². The maximum atomic E-state index is 9.34.